The van der Waals surface area contributed by atoms with Crippen molar-refractivity contribution in [1.29, 1.82) is 0 Å². The molecule has 0 fully saturated rings. The number of ether oxygens (including phenoxy) is 1. The summed E-state index contributed by atoms with van der Waals surface area (Å²) in [6.45, 7) is 7.76. The van der Waals surface area contributed by atoms with Crippen LogP contribution in [0.25, 0.3) is 0 Å². The van der Waals surface area contributed by atoms with Gasteiger partial charge in [0, 0.05) is 31.8 Å². The van der Waals surface area contributed by atoms with E-state index < -0.39 is 0 Å². The second-order valence-corrected chi connectivity index (χ2v) is 7.10. The highest BCUT2D eigenvalue weighted by atomic mass is 32.1. The van der Waals surface area contributed by atoms with Crippen LogP contribution in [0.5, 0.6) is 0 Å². The van der Waals surface area contributed by atoms with Crippen molar-refractivity contribution >= 4 is 17.4 Å². The van der Waals surface area contributed by atoms with Gasteiger partial charge >= 0.3 is 6.03 Å². The highest BCUT2D eigenvalue weighted by molar-refractivity contribution is 7.11. The Bertz CT molecular complexity index is 682. The molecule has 0 unspecified atom stereocenters. The van der Waals surface area contributed by atoms with Crippen LogP contribution >= 0.6 is 11.3 Å². The van der Waals surface area contributed by atoms with Gasteiger partial charge in [0.15, 0.2) is 0 Å². The van der Waals surface area contributed by atoms with E-state index in [4.69, 9.17) is 4.74 Å². The summed E-state index contributed by atoms with van der Waals surface area (Å²) in [5.74, 6) is 0. The van der Waals surface area contributed by atoms with Gasteiger partial charge in [-0.3, -0.25) is 0 Å². The number of methoxy groups -OCH3 is 1. The number of rotatable bonds is 7. The second kappa shape index (κ2) is 8.25. The molecule has 2 heterocycles. The predicted molar refractivity (Wildman–Crippen MR) is 94.1 cm³/mol. The third-order valence-electron chi connectivity index (χ3n) is 3.99. The van der Waals surface area contributed by atoms with Crippen LogP contribution < -0.4 is 5.32 Å². The molecule has 0 radical (unpaired) electrons. The van der Waals surface area contributed by atoms with E-state index in [9.17, 15) is 4.79 Å². The van der Waals surface area contributed by atoms with Crippen molar-refractivity contribution in [2.45, 2.75) is 39.9 Å². The zero-order chi connectivity index (χ0) is 17.7. The van der Waals surface area contributed by atoms with Crippen molar-refractivity contribution in [3.8, 4) is 0 Å². The fraction of sp³-hybridized carbons (Fsp3) is 0.562. The Labute approximate surface area is 146 Å². The number of hydrogen-bond donors (Lipinski definition) is 1. The largest absolute Gasteiger partial charge is 0.383 e. The van der Waals surface area contributed by atoms with Gasteiger partial charge < -0.3 is 19.5 Å². The third kappa shape index (κ3) is 4.33. The average Bonchev–Trinajstić information content (AvgIpc) is 3.14. The number of urea groups is 1. The molecule has 2 aromatic rings. The van der Waals surface area contributed by atoms with Crippen LogP contribution in [0.2, 0.25) is 0 Å². The molecular weight excluding hydrogens is 326 g/mol. The maximum absolute atomic E-state index is 12.4. The van der Waals surface area contributed by atoms with Crippen molar-refractivity contribution < 1.29 is 9.53 Å². The van der Waals surface area contributed by atoms with Crippen LogP contribution in [0, 0.1) is 13.8 Å². The number of nitrogens with zero attached hydrogens (tertiary/aromatic N) is 4. The second-order valence-electron chi connectivity index (χ2n) is 5.69. The first-order chi connectivity index (χ1) is 11.4. The number of nitrogens with one attached hydrogen (secondary N) is 1. The number of hydrogen-bond acceptors (Lipinski definition) is 5. The lowest BCUT2D eigenvalue weighted by molar-refractivity contribution is 0.185. The molecule has 1 N–H and O–H groups in total. The Balaban J connectivity index is 1.94. The number of amides is 2. The smallest absolute Gasteiger partial charge is 0.318 e. The van der Waals surface area contributed by atoms with Crippen LogP contribution in [0.4, 0.5) is 4.79 Å². The molecule has 0 bridgehead atoms. The molecule has 0 aliphatic heterocycles. The van der Waals surface area contributed by atoms with E-state index in [1.807, 2.05) is 25.3 Å². The van der Waals surface area contributed by atoms with Gasteiger partial charge in [-0.1, -0.05) is 0 Å². The van der Waals surface area contributed by atoms with Crippen molar-refractivity contribution in [1.82, 2.24) is 24.8 Å². The van der Waals surface area contributed by atoms with Gasteiger partial charge in [-0.05, 0) is 20.8 Å². The van der Waals surface area contributed by atoms with Gasteiger partial charge in [0.05, 0.1) is 41.9 Å². The number of aromatic nitrogens is 3. The summed E-state index contributed by atoms with van der Waals surface area (Å²) in [4.78, 5) is 23.9. The molecule has 2 rings (SSSR count). The van der Waals surface area contributed by atoms with E-state index in [2.05, 4.69) is 15.3 Å². The minimum atomic E-state index is -0.132. The van der Waals surface area contributed by atoms with Crippen LogP contribution in [-0.2, 0) is 17.8 Å². The minimum Gasteiger partial charge on any atom is -0.383 e. The maximum atomic E-state index is 12.4. The molecular formula is C16H25N5O2S. The van der Waals surface area contributed by atoms with E-state index in [-0.39, 0.29) is 12.1 Å². The highest BCUT2D eigenvalue weighted by Gasteiger charge is 2.21. The van der Waals surface area contributed by atoms with Crippen LogP contribution in [-0.4, -0.2) is 46.2 Å². The lowest BCUT2D eigenvalue weighted by Gasteiger charge is -2.24. The lowest BCUT2D eigenvalue weighted by atomic mass is 10.2. The predicted octanol–water partition coefficient (Wildman–Crippen LogP) is 2.51. The quantitative estimate of drug-likeness (QED) is 0.832. The third-order valence-corrected chi connectivity index (χ3v) is 4.89. The van der Waals surface area contributed by atoms with E-state index in [0.717, 1.165) is 21.3 Å². The fourth-order valence-electron chi connectivity index (χ4n) is 2.47. The van der Waals surface area contributed by atoms with E-state index in [1.54, 1.807) is 42.9 Å². The van der Waals surface area contributed by atoms with Crippen molar-refractivity contribution in [2.75, 3.05) is 20.8 Å². The zero-order valence-electron chi connectivity index (χ0n) is 14.9. The Kier molecular flexibility index (Phi) is 6.33. The SMILES string of the molecule is COCCn1cncc1CNC(=O)N(C)[C@@H](C)c1nc(C)sc1C. The zero-order valence-corrected chi connectivity index (χ0v) is 15.7. The van der Waals surface area contributed by atoms with Gasteiger partial charge in [0.1, 0.15) is 0 Å². The molecule has 0 aromatic carbocycles. The number of imidazole rings is 1. The molecule has 0 saturated heterocycles. The molecule has 7 nitrogen and oxygen atoms in total. The van der Waals surface area contributed by atoms with Gasteiger partial charge in [-0.25, -0.2) is 14.8 Å². The van der Waals surface area contributed by atoms with Gasteiger partial charge in [0.25, 0.3) is 0 Å². The summed E-state index contributed by atoms with van der Waals surface area (Å²) >= 11 is 1.65. The Morgan fingerprint density at radius 3 is 2.88 bits per heavy atom. The summed E-state index contributed by atoms with van der Waals surface area (Å²) in [5.41, 5.74) is 1.91. The molecule has 24 heavy (non-hydrogen) atoms. The van der Waals surface area contributed by atoms with Gasteiger partial charge in [0.2, 0.25) is 0 Å². The van der Waals surface area contributed by atoms with Crippen molar-refractivity contribution in [3.05, 3.63) is 33.8 Å². The Morgan fingerprint density at radius 2 is 2.25 bits per heavy atom. The molecule has 0 aliphatic rings. The first kappa shape index (κ1) is 18.4. The number of thiazole rings is 1. The van der Waals surface area contributed by atoms with Gasteiger partial charge in [-0.2, -0.15) is 0 Å². The Morgan fingerprint density at radius 1 is 1.50 bits per heavy atom. The molecule has 2 amide bonds. The molecule has 0 spiro atoms. The minimum absolute atomic E-state index is 0.0756. The lowest BCUT2D eigenvalue weighted by Crippen LogP contribution is -2.39. The first-order valence-electron chi connectivity index (χ1n) is 7.86. The maximum Gasteiger partial charge on any atom is 0.318 e. The highest BCUT2D eigenvalue weighted by Crippen LogP contribution is 2.25. The number of carbonyl (C=O) groups excluding carboxylic acids is 1. The molecule has 0 aliphatic carbocycles. The number of carbonyl (C=O) groups is 1. The fourth-order valence-corrected chi connectivity index (χ4v) is 3.38. The number of aryl methyl sites for hydroxylation is 2. The average molecular weight is 351 g/mol. The monoisotopic (exact) mass is 351 g/mol. The normalized spacial score (nSPS) is 12.2. The van der Waals surface area contributed by atoms with E-state index in [0.29, 0.717) is 19.7 Å². The summed E-state index contributed by atoms with van der Waals surface area (Å²) < 4.78 is 7.05. The summed E-state index contributed by atoms with van der Waals surface area (Å²) in [6, 6.07) is -0.208. The van der Waals surface area contributed by atoms with E-state index >= 15 is 0 Å². The first-order valence-corrected chi connectivity index (χ1v) is 8.68. The van der Waals surface area contributed by atoms with Crippen molar-refractivity contribution in [3.63, 3.8) is 0 Å². The molecule has 0 saturated carbocycles. The molecule has 8 heteroatoms. The molecule has 1 atom stereocenters. The standard InChI is InChI=1S/C16H25N5O2S/c1-11(15-12(2)24-13(3)19-15)20(4)16(22)18-9-14-8-17-10-21(14)6-7-23-5/h8,10-11H,6-7,9H2,1-5H3,(H,18,22)/t11-/m0/s1. The van der Waals surface area contributed by atoms with Crippen molar-refractivity contribution in [2.24, 2.45) is 0 Å². The molecule has 132 valence electrons. The van der Waals surface area contributed by atoms with Crippen LogP contribution in [0.15, 0.2) is 12.5 Å². The molecule has 2 aromatic heterocycles. The summed E-state index contributed by atoms with van der Waals surface area (Å²) in [5, 5.41) is 3.96. The Hall–Kier alpha value is -1.93. The summed E-state index contributed by atoms with van der Waals surface area (Å²) in [6.07, 6.45) is 3.50. The van der Waals surface area contributed by atoms with Gasteiger partial charge in [-0.15, -0.1) is 11.3 Å². The van der Waals surface area contributed by atoms with Crippen LogP contribution in [0.3, 0.4) is 0 Å². The summed E-state index contributed by atoms with van der Waals surface area (Å²) in [7, 11) is 3.45. The topological polar surface area (TPSA) is 72.3 Å². The van der Waals surface area contributed by atoms with E-state index in [1.165, 1.54) is 0 Å². The van der Waals surface area contributed by atoms with Crippen LogP contribution in [0.1, 0.15) is 34.2 Å².